The number of esters is 1. The molecule has 3 N–H and O–H groups in total. The number of hydrogen-bond acceptors (Lipinski definition) is 8. The Labute approximate surface area is 466 Å². The second kappa shape index (κ2) is 29.1. The lowest BCUT2D eigenvalue weighted by Gasteiger charge is -2.30. The first kappa shape index (κ1) is 62.5. The molecule has 0 unspecified atom stereocenters. The zero-order valence-corrected chi connectivity index (χ0v) is 49.9. The Morgan fingerprint density at radius 1 is 0.649 bits per heavy atom. The third kappa shape index (κ3) is 16.9. The number of rotatable bonds is 14. The van der Waals surface area contributed by atoms with E-state index in [1.165, 1.54) is 12.1 Å². The number of aromatic nitrogens is 2. The Balaban J connectivity index is 0.000000233. The van der Waals surface area contributed by atoms with E-state index in [0.29, 0.717) is 36.5 Å². The number of nitrogens with two attached hydrogens (primary N) is 1. The SMILES string of the molecule is CCC[C@@H]1c2c(cc(C(=O)NCc3ccccc3F)nc2-c2ccccc2)CN1[S@](=O)C(C)(C)C.CCC[C@@H]1c2c(cc(C(=O)OCC)nc2-c2ccccc2)CN1[S@](=O)C(C)(C)C.NCc1ccccc1F.[CH3][Al]([CH3])[CH3]. The lowest BCUT2D eigenvalue weighted by molar-refractivity contribution is 0.0519. The molecule has 1 amide bonds. The van der Waals surface area contributed by atoms with Crippen LogP contribution in [0.4, 0.5) is 8.78 Å². The molecule has 8 rings (SSSR count). The maximum atomic E-state index is 14.0. The lowest BCUT2D eigenvalue weighted by atomic mass is 9.95. The predicted octanol–water partition coefficient (Wildman–Crippen LogP) is 13.6. The molecule has 0 fully saturated rings. The summed E-state index contributed by atoms with van der Waals surface area (Å²) < 4.78 is 61.9. The van der Waals surface area contributed by atoms with E-state index in [2.05, 4.69) is 40.8 Å². The van der Waals surface area contributed by atoms with Gasteiger partial charge in [-0.15, -0.1) is 17.4 Å². The summed E-state index contributed by atoms with van der Waals surface area (Å²) in [6, 6.07) is 36.2. The molecule has 0 aliphatic carbocycles. The van der Waals surface area contributed by atoms with E-state index in [4.69, 9.17) is 20.4 Å². The van der Waals surface area contributed by atoms with Crippen LogP contribution in [-0.2, 0) is 52.9 Å². The number of hydrogen-bond donors (Lipinski definition) is 2. The summed E-state index contributed by atoms with van der Waals surface area (Å²) in [5, 5.41) is 2.81. The number of pyridine rings is 2. The van der Waals surface area contributed by atoms with E-state index in [-0.39, 0.29) is 67.3 Å². The number of halogens is 2. The van der Waals surface area contributed by atoms with Crippen molar-refractivity contribution in [1.29, 1.82) is 0 Å². The third-order valence-electron chi connectivity index (χ3n) is 12.3. The van der Waals surface area contributed by atoms with E-state index in [0.717, 1.165) is 70.5 Å². The standard InChI is InChI=1S/C28H32FN3O2S.C23H30N2O3S.C7H8FN.3CH3.Al/c1-5-11-24-25-21(18-32(24)35(34)28(2,3)4)16-23(31-26(25)19-12-7-6-8-13-19)27(33)30-17-20-14-9-10-15-22(20)29;1-6-11-19-20-17(15-25(19)29(27)23(3,4)5)14-18(22(26)28-7-2)24-21(20)16-12-9-8-10-13-16;8-7-4-2-1-3-6(7)5-9;;;;/h6-10,12-16,24H,5,11,17-18H2,1-4H3,(H,30,33);8-10,12-14,19H,6-7,11,15H2,1-5H3;1-4H,5,9H2;3*1H3;/t24-,35-;19-,29-;;;;;/m11...../s1. The van der Waals surface area contributed by atoms with Crippen LogP contribution in [0.1, 0.15) is 154 Å². The fourth-order valence-electron chi connectivity index (χ4n) is 8.87. The molecular formula is C61H79AlF2N6O5S2. The Hall–Kier alpha value is -5.31. The number of ether oxygens (including phenoxy) is 1. The predicted molar refractivity (Wildman–Crippen MR) is 313 cm³/mol. The molecule has 11 nitrogen and oxygen atoms in total. The largest absolute Gasteiger partial charge is 0.461 e. The van der Waals surface area contributed by atoms with Gasteiger partial charge in [-0.3, -0.25) is 4.79 Å². The van der Waals surface area contributed by atoms with Gasteiger partial charge in [-0.25, -0.2) is 40.6 Å². The van der Waals surface area contributed by atoms with Crippen molar-refractivity contribution in [3.05, 3.63) is 178 Å². The Kier molecular flexibility index (Phi) is 23.6. The van der Waals surface area contributed by atoms with Gasteiger partial charge in [0.2, 0.25) is 0 Å². The van der Waals surface area contributed by atoms with Crippen LogP contribution in [0, 0.1) is 11.6 Å². The van der Waals surface area contributed by atoms with Gasteiger partial charge in [0, 0.05) is 59.6 Å². The highest BCUT2D eigenvalue weighted by atomic mass is 32.2. The Morgan fingerprint density at radius 2 is 1.04 bits per heavy atom. The number of carbonyl (C=O) groups excluding carboxylic acids is 2. The molecule has 0 radical (unpaired) electrons. The van der Waals surface area contributed by atoms with E-state index in [1.54, 1.807) is 49.4 Å². The molecule has 0 saturated heterocycles. The first-order chi connectivity index (χ1) is 36.5. The second-order valence-corrected chi connectivity index (χ2v) is 29.4. The molecule has 4 atom stereocenters. The minimum Gasteiger partial charge on any atom is -0.461 e. The van der Waals surface area contributed by atoms with E-state index in [9.17, 15) is 26.8 Å². The molecule has 6 aromatic rings. The average Bonchev–Trinajstić information content (AvgIpc) is 3.96. The fourth-order valence-corrected chi connectivity index (χ4v) is 11.7. The van der Waals surface area contributed by atoms with Crippen molar-refractivity contribution in [2.45, 2.75) is 153 Å². The van der Waals surface area contributed by atoms with Crippen molar-refractivity contribution in [3.63, 3.8) is 0 Å². The molecule has 0 saturated carbocycles. The van der Waals surface area contributed by atoms with Gasteiger partial charge in [0.05, 0.1) is 39.6 Å². The van der Waals surface area contributed by atoms with Crippen LogP contribution in [0.3, 0.4) is 0 Å². The minimum atomic E-state index is -1.22. The number of carbonyl (C=O) groups is 2. The molecule has 77 heavy (non-hydrogen) atoms. The summed E-state index contributed by atoms with van der Waals surface area (Å²) in [7, 11) is -2.39. The highest BCUT2D eigenvalue weighted by Gasteiger charge is 2.42. The van der Waals surface area contributed by atoms with Crippen molar-refractivity contribution >= 4 is 48.0 Å². The van der Waals surface area contributed by atoms with Crippen LogP contribution in [0.25, 0.3) is 22.5 Å². The average molecular weight is 1110 g/mol. The first-order valence-corrected chi connectivity index (χ1v) is 32.4. The zero-order valence-electron chi connectivity index (χ0n) is 47.1. The molecule has 4 heterocycles. The molecule has 16 heteroatoms. The molecule has 4 aromatic carbocycles. The van der Waals surface area contributed by atoms with Crippen LogP contribution < -0.4 is 11.1 Å². The zero-order chi connectivity index (χ0) is 56.6. The highest BCUT2D eigenvalue weighted by Crippen LogP contribution is 2.46. The van der Waals surface area contributed by atoms with Crippen LogP contribution in [0.15, 0.2) is 121 Å². The number of nitrogens with zero attached hydrogens (tertiary/aromatic N) is 4. The molecule has 2 aliphatic rings. The van der Waals surface area contributed by atoms with Crippen LogP contribution >= 0.6 is 0 Å². The number of amides is 1. The maximum absolute atomic E-state index is 14.0. The third-order valence-corrected chi connectivity index (χ3v) is 16.0. The molecule has 0 bridgehead atoms. The van der Waals surface area contributed by atoms with Gasteiger partial charge in [0.1, 0.15) is 45.0 Å². The van der Waals surface area contributed by atoms with Gasteiger partial charge < -0.3 is 15.8 Å². The van der Waals surface area contributed by atoms with Gasteiger partial charge in [0.25, 0.3) is 20.1 Å². The monoisotopic (exact) mass is 1100 g/mol. The van der Waals surface area contributed by atoms with Gasteiger partial charge in [-0.05, 0) is 96.7 Å². The highest BCUT2D eigenvalue weighted by molar-refractivity contribution is 7.84. The Bertz CT molecular complexity index is 2950. The Morgan fingerprint density at radius 3 is 1.42 bits per heavy atom. The minimum absolute atomic E-state index is 0.00834. The maximum Gasteiger partial charge on any atom is 0.356 e. The molecule has 2 aliphatic heterocycles. The molecule has 0 spiro atoms. The van der Waals surface area contributed by atoms with Gasteiger partial charge in [-0.1, -0.05) is 124 Å². The number of nitrogens with one attached hydrogen (secondary N) is 1. The summed E-state index contributed by atoms with van der Waals surface area (Å²) in [5.74, 6) is 5.55. The second-order valence-electron chi connectivity index (χ2n) is 21.6. The van der Waals surface area contributed by atoms with Crippen LogP contribution in [0.5, 0.6) is 0 Å². The van der Waals surface area contributed by atoms with Crippen molar-refractivity contribution in [1.82, 2.24) is 23.9 Å². The van der Waals surface area contributed by atoms with Crippen molar-refractivity contribution < 1.29 is 31.5 Å². The van der Waals surface area contributed by atoms with Crippen molar-refractivity contribution in [2.75, 3.05) is 6.61 Å². The quantitative estimate of drug-likeness (QED) is 0.0809. The van der Waals surface area contributed by atoms with E-state index < -0.39 is 32.7 Å². The summed E-state index contributed by atoms with van der Waals surface area (Å²) >= 11 is -0.139. The van der Waals surface area contributed by atoms with Crippen LogP contribution in [0.2, 0.25) is 17.4 Å². The van der Waals surface area contributed by atoms with Crippen molar-refractivity contribution in [3.8, 4) is 22.5 Å². The topological polar surface area (TPSA) is 148 Å². The van der Waals surface area contributed by atoms with Gasteiger partial charge >= 0.3 is 5.97 Å². The number of benzene rings is 4. The molecular weight excluding hydrogens is 1030 g/mol. The first-order valence-electron chi connectivity index (χ1n) is 26.7. The van der Waals surface area contributed by atoms with Crippen molar-refractivity contribution in [2.24, 2.45) is 5.73 Å². The molecule has 412 valence electrons. The lowest BCUT2D eigenvalue weighted by Crippen LogP contribution is -2.36. The van der Waals surface area contributed by atoms with E-state index >= 15 is 0 Å². The summed E-state index contributed by atoms with van der Waals surface area (Å²) in [6.07, 6.45) is 3.63. The summed E-state index contributed by atoms with van der Waals surface area (Å²) in [5.41, 5.74) is 14.3. The number of fused-ring (bicyclic) bond motifs is 2. The molecule has 2 aromatic heterocycles. The van der Waals surface area contributed by atoms with Crippen LogP contribution in [-0.4, -0.2) is 69.1 Å². The van der Waals surface area contributed by atoms with E-state index in [1.807, 2.05) is 113 Å². The smallest absolute Gasteiger partial charge is 0.356 e. The fraction of sp³-hybridized carbons (Fsp3) is 0.410. The van der Waals surface area contributed by atoms with Gasteiger partial charge in [-0.2, -0.15) is 0 Å². The van der Waals surface area contributed by atoms with Gasteiger partial charge in [0.15, 0.2) is 0 Å². The normalized spacial score (nSPS) is 15.7. The summed E-state index contributed by atoms with van der Waals surface area (Å²) in [6.45, 7) is 19.6. The summed E-state index contributed by atoms with van der Waals surface area (Å²) in [4.78, 5) is 35.1.